The summed E-state index contributed by atoms with van der Waals surface area (Å²) in [6.07, 6.45) is 7.07. The molecule has 6 heteroatoms. The van der Waals surface area contributed by atoms with E-state index in [1.165, 1.54) is 0 Å². The number of fused-ring (bicyclic) bond motifs is 1. The second kappa shape index (κ2) is 5.46. The molecule has 0 N–H and O–H groups in total. The topological polar surface area (TPSA) is 72.1 Å². The van der Waals surface area contributed by atoms with Gasteiger partial charge in [0.1, 0.15) is 0 Å². The van der Waals surface area contributed by atoms with E-state index in [1.54, 1.807) is 18.6 Å². The number of hydrogen-bond acceptors (Lipinski definition) is 5. The summed E-state index contributed by atoms with van der Waals surface area (Å²) in [6.45, 7) is 2.60. The van der Waals surface area contributed by atoms with Crippen molar-refractivity contribution in [3.05, 3.63) is 53.6 Å². The molecular formula is C17H16N4O2. The van der Waals surface area contributed by atoms with Crippen molar-refractivity contribution >= 4 is 17.0 Å². The Hall–Kier alpha value is -2.76. The molecule has 0 radical (unpaired) electrons. The lowest BCUT2D eigenvalue weighted by Crippen LogP contribution is -2.30. The molecular weight excluding hydrogens is 292 g/mol. The molecule has 3 aromatic rings. The van der Waals surface area contributed by atoms with Crippen molar-refractivity contribution in [3.8, 4) is 0 Å². The molecule has 4 heterocycles. The van der Waals surface area contributed by atoms with E-state index in [0.717, 1.165) is 36.0 Å². The van der Waals surface area contributed by atoms with Crippen LogP contribution in [0.25, 0.3) is 11.1 Å². The molecule has 1 saturated heterocycles. The smallest absolute Gasteiger partial charge is 0.257 e. The van der Waals surface area contributed by atoms with E-state index in [4.69, 9.17) is 4.52 Å². The van der Waals surface area contributed by atoms with Crippen LogP contribution in [0.2, 0.25) is 0 Å². The molecule has 1 aliphatic rings. The highest BCUT2D eigenvalue weighted by Crippen LogP contribution is 2.33. The monoisotopic (exact) mass is 308 g/mol. The van der Waals surface area contributed by atoms with Crippen LogP contribution in [0.4, 0.5) is 0 Å². The third-order valence-corrected chi connectivity index (χ3v) is 4.36. The van der Waals surface area contributed by atoms with E-state index in [1.807, 2.05) is 30.0 Å². The Kier molecular flexibility index (Phi) is 3.29. The van der Waals surface area contributed by atoms with Crippen LogP contribution >= 0.6 is 0 Å². The number of rotatable bonds is 2. The first-order valence-electron chi connectivity index (χ1n) is 7.67. The number of hydrogen-bond donors (Lipinski definition) is 0. The zero-order valence-corrected chi connectivity index (χ0v) is 12.8. The summed E-state index contributed by atoms with van der Waals surface area (Å²) in [4.78, 5) is 23.1. The van der Waals surface area contributed by atoms with Gasteiger partial charge in [0.25, 0.3) is 11.6 Å². The van der Waals surface area contributed by atoms with E-state index in [9.17, 15) is 4.79 Å². The Morgan fingerprint density at radius 2 is 2.17 bits per heavy atom. The fraction of sp³-hybridized carbons (Fsp3) is 0.294. The third-order valence-electron chi connectivity index (χ3n) is 4.36. The van der Waals surface area contributed by atoms with Crippen LogP contribution in [0.3, 0.4) is 0 Å². The van der Waals surface area contributed by atoms with Gasteiger partial charge < -0.3 is 9.42 Å². The Balaban J connectivity index is 1.68. The Morgan fingerprint density at radius 3 is 3.00 bits per heavy atom. The molecule has 0 aliphatic carbocycles. The van der Waals surface area contributed by atoms with E-state index in [-0.39, 0.29) is 11.9 Å². The minimum absolute atomic E-state index is 0.000637. The van der Waals surface area contributed by atoms with Gasteiger partial charge in [-0.2, -0.15) is 0 Å². The minimum Gasteiger partial charge on any atom is -0.336 e. The summed E-state index contributed by atoms with van der Waals surface area (Å²) in [5.41, 5.74) is 2.91. The standard InChI is InChI=1S/C17H16N4O2/c1-11-14-9-13(10-19-16(14)23-20-11)17(22)21-8-2-3-15(21)12-4-6-18-7-5-12/h4-7,9-10,15H,2-3,8H2,1H3/t15-/m1/s1. The van der Waals surface area contributed by atoms with Crippen LogP contribution in [-0.2, 0) is 0 Å². The van der Waals surface area contributed by atoms with Gasteiger partial charge in [0, 0.05) is 25.1 Å². The summed E-state index contributed by atoms with van der Waals surface area (Å²) in [7, 11) is 0. The van der Waals surface area contributed by atoms with Gasteiger partial charge in [-0.1, -0.05) is 5.16 Å². The molecule has 0 unspecified atom stereocenters. The Morgan fingerprint density at radius 1 is 1.35 bits per heavy atom. The first kappa shape index (κ1) is 13.9. The van der Waals surface area contributed by atoms with Crippen molar-refractivity contribution in [2.75, 3.05) is 6.54 Å². The zero-order chi connectivity index (χ0) is 15.8. The summed E-state index contributed by atoms with van der Waals surface area (Å²) < 4.78 is 5.11. The number of pyridine rings is 2. The van der Waals surface area contributed by atoms with Crippen LogP contribution in [0.1, 0.15) is 40.5 Å². The molecule has 116 valence electrons. The molecule has 0 saturated carbocycles. The maximum Gasteiger partial charge on any atom is 0.257 e. The normalized spacial score (nSPS) is 17.8. The largest absolute Gasteiger partial charge is 0.336 e. The summed E-state index contributed by atoms with van der Waals surface area (Å²) >= 11 is 0. The van der Waals surface area contributed by atoms with Gasteiger partial charge in [-0.05, 0) is 43.5 Å². The van der Waals surface area contributed by atoms with E-state index < -0.39 is 0 Å². The zero-order valence-electron chi connectivity index (χ0n) is 12.8. The van der Waals surface area contributed by atoms with Crippen LogP contribution in [0.5, 0.6) is 0 Å². The van der Waals surface area contributed by atoms with Gasteiger partial charge in [-0.15, -0.1) is 0 Å². The minimum atomic E-state index is -0.000637. The molecule has 23 heavy (non-hydrogen) atoms. The quantitative estimate of drug-likeness (QED) is 0.728. The van der Waals surface area contributed by atoms with Crippen molar-refractivity contribution < 1.29 is 9.32 Å². The van der Waals surface area contributed by atoms with Gasteiger partial charge in [0.15, 0.2) is 0 Å². The maximum atomic E-state index is 12.9. The van der Waals surface area contributed by atoms with Gasteiger partial charge in [-0.3, -0.25) is 9.78 Å². The number of carbonyl (C=O) groups is 1. The van der Waals surface area contributed by atoms with Gasteiger partial charge in [0.05, 0.1) is 22.7 Å². The van der Waals surface area contributed by atoms with Crippen molar-refractivity contribution in [2.24, 2.45) is 0 Å². The van der Waals surface area contributed by atoms with Crippen molar-refractivity contribution in [1.82, 2.24) is 20.0 Å². The molecule has 4 rings (SSSR count). The predicted molar refractivity (Wildman–Crippen MR) is 83.8 cm³/mol. The third kappa shape index (κ3) is 2.36. The van der Waals surface area contributed by atoms with Crippen molar-refractivity contribution in [3.63, 3.8) is 0 Å². The number of nitrogens with zero attached hydrogens (tertiary/aromatic N) is 4. The lowest BCUT2D eigenvalue weighted by Gasteiger charge is -2.25. The fourth-order valence-electron chi connectivity index (χ4n) is 3.17. The molecule has 1 fully saturated rings. The summed E-state index contributed by atoms with van der Waals surface area (Å²) in [5, 5.41) is 4.67. The predicted octanol–water partition coefficient (Wildman–Crippen LogP) is 2.90. The Labute approximate surface area is 133 Å². The van der Waals surface area contributed by atoms with E-state index in [0.29, 0.717) is 11.3 Å². The lowest BCUT2D eigenvalue weighted by atomic mass is 10.1. The van der Waals surface area contributed by atoms with Gasteiger partial charge in [-0.25, -0.2) is 4.98 Å². The van der Waals surface area contributed by atoms with E-state index >= 15 is 0 Å². The van der Waals surface area contributed by atoms with Crippen LogP contribution < -0.4 is 0 Å². The van der Waals surface area contributed by atoms with Crippen LogP contribution in [-0.4, -0.2) is 32.5 Å². The fourth-order valence-corrected chi connectivity index (χ4v) is 3.17. The van der Waals surface area contributed by atoms with Crippen molar-refractivity contribution in [1.29, 1.82) is 0 Å². The number of aryl methyl sites for hydroxylation is 1. The average molecular weight is 308 g/mol. The first-order chi connectivity index (χ1) is 11.2. The molecule has 6 nitrogen and oxygen atoms in total. The van der Waals surface area contributed by atoms with Crippen LogP contribution in [0, 0.1) is 6.92 Å². The molecule has 1 aliphatic heterocycles. The second-order valence-electron chi connectivity index (χ2n) is 5.78. The van der Waals surface area contributed by atoms with Crippen LogP contribution in [0.15, 0.2) is 41.3 Å². The molecule has 3 aromatic heterocycles. The first-order valence-corrected chi connectivity index (χ1v) is 7.67. The van der Waals surface area contributed by atoms with Gasteiger partial charge >= 0.3 is 0 Å². The highest BCUT2D eigenvalue weighted by molar-refractivity contribution is 5.97. The molecule has 1 atom stereocenters. The number of amides is 1. The molecule has 1 amide bonds. The second-order valence-corrected chi connectivity index (χ2v) is 5.78. The molecule has 0 aromatic carbocycles. The summed E-state index contributed by atoms with van der Waals surface area (Å²) in [5.74, 6) is -0.000637. The molecule has 0 spiro atoms. The molecule has 0 bridgehead atoms. The Bertz CT molecular complexity index is 859. The SMILES string of the molecule is Cc1noc2ncc(C(=O)N3CCC[C@@H]3c3ccncc3)cc12. The summed E-state index contributed by atoms with van der Waals surface area (Å²) in [6, 6.07) is 5.87. The number of aromatic nitrogens is 3. The maximum absolute atomic E-state index is 12.9. The highest BCUT2D eigenvalue weighted by atomic mass is 16.5. The number of likely N-dealkylation sites (tertiary alicyclic amines) is 1. The van der Waals surface area contributed by atoms with Gasteiger partial charge in [0.2, 0.25) is 0 Å². The van der Waals surface area contributed by atoms with Crippen molar-refractivity contribution in [2.45, 2.75) is 25.8 Å². The average Bonchev–Trinajstić information content (AvgIpc) is 3.22. The number of carbonyl (C=O) groups excluding carboxylic acids is 1. The lowest BCUT2D eigenvalue weighted by molar-refractivity contribution is 0.0735. The highest BCUT2D eigenvalue weighted by Gasteiger charge is 2.31. The van der Waals surface area contributed by atoms with E-state index in [2.05, 4.69) is 15.1 Å².